The number of pyridine rings is 1. The van der Waals surface area contributed by atoms with Crippen molar-refractivity contribution in [2.45, 2.75) is 11.1 Å². The van der Waals surface area contributed by atoms with E-state index in [4.69, 9.17) is 0 Å². The van der Waals surface area contributed by atoms with Crippen molar-refractivity contribution in [2.24, 2.45) is 0 Å². The summed E-state index contributed by atoms with van der Waals surface area (Å²) in [6.45, 7) is 0. The number of hydrogen-bond donors (Lipinski definition) is 0. The Morgan fingerprint density at radius 1 is 1.41 bits per heavy atom. The third-order valence-corrected chi connectivity index (χ3v) is 2.52. The molecule has 0 saturated carbocycles. The summed E-state index contributed by atoms with van der Waals surface area (Å²) in [6.07, 6.45) is -4.26. The average Bonchev–Trinajstić information content (AvgIpc) is 2.13. The van der Waals surface area contributed by atoms with Crippen LogP contribution in [-0.2, 0) is 16.3 Å². The minimum absolute atomic E-state index is 0. The van der Waals surface area contributed by atoms with E-state index in [0.29, 0.717) is 12.3 Å². The molecule has 17 heavy (non-hydrogen) atoms. The molecule has 1 aromatic rings. The summed E-state index contributed by atoms with van der Waals surface area (Å²) >= 11 is 0. The van der Waals surface area contributed by atoms with Crippen molar-refractivity contribution in [3.63, 3.8) is 0 Å². The fourth-order valence-corrected chi connectivity index (χ4v) is 1.84. The third-order valence-electron chi connectivity index (χ3n) is 1.62. The van der Waals surface area contributed by atoms with Crippen LogP contribution in [0.1, 0.15) is 5.56 Å². The molecule has 0 radical (unpaired) electrons. The van der Waals surface area contributed by atoms with Crippen LogP contribution in [0.5, 0.6) is 5.88 Å². The van der Waals surface area contributed by atoms with Gasteiger partial charge in [0.15, 0.2) is 0 Å². The molecular weight excluding hydrogens is 274 g/mol. The molecule has 0 saturated heterocycles. The summed E-state index contributed by atoms with van der Waals surface area (Å²) in [5.74, 6) is -0.871. The number of alkyl halides is 3. The Morgan fingerprint density at radius 2 is 1.94 bits per heavy atom. The standard InChI is InChI=1S/C7H6F3NO4S.Na/c1-15-6-5(16(12,13)14)4(2-3-11-6)7(8,9)10;/h2-3H,1H3,(H,12,13,14);/q;+1/p-1. The quantitative estimate of drug-likeness (QED) is 0.463. The zero-order chi connectivity index (χ0) is 12.6. The predicted molar refractivity (Wildman–Crippen MR) is 43.8 cm³/mol. The summed E-state index contributed by atoms with van der Waals surface area (Å²) in [6, 6.07) is 0.396. The first-order valence-corrected chi connectivity index (χ1v) is 5.15. The molecule has 0 aromatic carbocycles. The number of hydrogen-bond acceptors (Lipinski definition) is 5. The van der Waals surface area contributed by atoms with Gasteiger partial charge in [0.2, 0.25) is 5.88 Å². The minimum Gasteiger partial charge on any atom is -0.744 e. The van der Waals surface area contributed by atoms with Gasteiger partial charge in [-0.3, -0.25) is 0 Å². The van der Waals surface area contributed by atoms with Gasteiger partial charge in [0, 0.05) is 6.20 Å². The predicted octanol–water partition coefficient (Wildman–Crippen LogP) is -1.98. The number of aromatic nitrogens is 1. The summed E-state index contributed by atoms with van der Waals surface area (Å²) in [7, 11) is -4.40. The molecule has 1 aromatic heterocycles. The molecule has 5 nitrogen and oxygen atoms in total. The Labute approximate surface area is 117 Å². The number of ether oxygens (including phenoxy) is 1. The molecule has 1 heterocycles. The average molecular weight is 279 g/mol. The molecule has 0 spiro atoms. The van der Waals surface area contributed by atoms with Crippen LogP contribution in [0.2, 0.25) is 0 Å². The molecule has 0 N–H and O–H groups in total. The topological polar surface area (TPSA) is 79.3 Å². The molecule has 0 aliphatic heterocycles. The Kier molecular flexibility index (Phi) is 5.41. The first-order valence-electron chi connectivity index (χ1n) is 3.74. The van der Waals surface area contributed by atoms with Gasteiger partial charge in [-0.1, -0.05) is 0 Å². The van der Waals surface area contributed by atoms with Crippen LogP contribution in [0.3, 0.4) is 0 Å². The molecule has 0 atom stereocenters. The van der Waals surface area contributed by atoms with Crippen LogP contribution in [0.4, 0.5) is 13.2 Å². The van der Waals surface area contributed by atoms with E-state index in [2.05, 4.69) is 9.72 Å². The number of nitrogens with zero attached hydrogens (tertiary/aromatic N) is 1. The fourth-order valence-electron chi connectivity index (χ4n) is 1.04. The minimum atomic E-state index is -5.32. The van der Waals surface area contributed by atoms with E-state index in [-0.39, 0.29) is 29.6 Å². The van der Waals surface area contributed by atoms with Gasteiger partial charge >= 0.3 is 35.7 Å². The van der Waals surface area contributed by atoms with Crippen molar-refractivity contribution in [1.82, 2.24) is 4.98 Å². The van der Waals surface area contributed by atoms with E-state index in [1.54, 1.807) is 0 Å². The van der Waals surface area contributed by atoms with Crippen molar-refractivity contribution in [3.05, 3.63) is 17.8 Å². The van der Waals surface area contributed by atoms with Crippen molar-refractivity contribution in [1.29, 1.82) is 0 Å². The first-order chi connectivity index (χ1) is 7.18. The molecule has 0 bridgehead atoms. The fraction of sp³-hybridized carbons (Fsp3) is 0.286. The second-order valence-corrected chi connectivity index (χ2v) is 3.97. The molecule has 0 unspecified atom stereocenters. The summed E-state index contributed by atoms with van der Waals surface area (Å²) in [5, 5.41) is 0. The van der Waals surface area contributed by atoms with E-state index < -0.39 is 32.6 Å². The van der Waals surface area contributed by atoms with Gasteiger partial charge in [-0.2, -0.15) is 13.2 Å². The number of methoxy groups -OCH3 is 1. The maximum Gasteiger partial charge on any atom is 1.00 e. The van der Waals surface area contributed by atoms with Crippen molar-refractivity contribution >= 4 is 10.1 Å². The van der Waals surface area contributed by atoms with E-state index in [9.17, 15) is 26.1 Å². The second kappa shape index (κ2) is 5.53. The van der Waals surface area contributed by atoms with Gasteiger partial charge in [0.05, 0.1) is 12.7 Å². The van der Waals surface area contributed by atoms with E-state index in [1.165, 1.54) is 0 Å². The molecule has 10 heteroatoms. The Hall–Kier alpha value is -0.350. The zero-order valence-electron chi connectivity index (χ0n) is 8.78. The van der Waals surface area contributed by atoms with Gasteiger partial charge in [-0.05, 0) is 6.07 Å². The number of rotatable bonds is 2. The van der Waals surface area contributed by atoms with Crippen LogP contribution in [0.15, 0.2) is 17.2 Å². The van der Waals surface area contributed by atoms with Crippen LogP contribution < -0.4 is 34.3 Å². The molecular formula is C7H5F3NNaO4S. The van der Waals surface area contributed by atoms with Crippen molar-refractivity contribution < 1.29 is 60.4 Å². The third kappa shape index (κ3) is 3.81. The van der Waals surface area contributed by atoms with Crippen molar-refractivity contribution in [3.8, 4) is 5.88 Å². The number of halogens is 3. The molecule has 90 valence electrons. The monoisotopic (exact) mass is 279 g/mol. The maximum atomic E-state index is 12.4. The maximum absolute atomic E-state index is 12.4. The Bertz CT molecular complexity index is 502. The normalized spacial score (nSPS) is 11.8. The van der Waals surface area contributed by atoms with Gasteiger partial charge in [-0.15, -0.1) is 0 Å². The van der Waals surface area contributed by atoms with E-state index in [0.717, 1.165) is 7.11 Å². The Morgan fingerprint density at radius 3 is 2.29 bits per heavy atom. The summed E-state index contributed by atoms with van der Waals surface area (Å²) in [5.41, 5.74) is -1.59. The zero-order valence-corrected chi connectivity index (χ0v) is 11.6. The second-order valence-electron chi connectivity index (χ2n) is 2.65. The molecule has 0 aliphatic rings. The summed E-state index contributed by atoms with van der Waals surface area (Å²) < 4.78 is 73.7. The van der Waals surface area contributed by atoms with Gasteiger partial charge in [0.1, 0.15) is 15.0 Å². The van der Waals surface area contributed by atoms with Crippen LogP contribution in [0, 0.1) is 0 Å². The first kappa shape index (κ1) is 16.6. The van der Waals surface area contributed by atoms with Gasteiger partial charge in [-0.25, -0.2) is 13.4 Å². The largest absolute Gasteiger partial charge is 1.00 e. The molecule has 1 rings (SSSR count). The van der Waals surface area contributed by atoms with Crippen LogP contribution >= 0.6 is 0 Å². The SMILES string of the molecule is COc1nccc(C(F)(F)F)c1S(=O)(=O)[O-].[Na+]. The van der Waals surface area contributed by atoms with E-state index in [1.807, 2.05) is 0 Å². The van der Waals surface area contributed by atoms with Gasteiger partial charge in [0.25, 0.3) is 0 Å². The molecule has 0 fully saturated rings. The van der Waals surface area contributed by atoms with E-state index >= 15 is 0 Å². The van der Waals surface area contributed by atoms with Crippen molar-refractivity contribution in [2.75, 3.05) is 7.11 Å². The van der Waals surface area contributed by atoms with Gasteiger partial charge < -0.3 is 9.29 Å². The van der Waals surface area contributed by atoms with Crippen LogP contribution in [-0.4, -0.2) is 25.1 Å². The Balaban J connectivity index is 0.00000256. The smallest absolute Gasteiger partial charge is 0.744 e. The van der Waals surface area contributed by atoms with Crippen LogP contribution in [0.25, 0.3) is 0 Å². The molecule has 0 amide bonds. The molecule has 0 aliphatic carbocycles. The summed E-state index contributed by atoms with van der Waals surface area (Å²) in [4.78, 5) is 1.74.